The summed E-state index contributed by atoms with van der Waals surface area (Å²) in [5.41, 5.74) is 3.95. The molecule has 0 aliphatic carbocycles. The zero-order chi connectivity index (χ0) is 11.6. The molecule has 0 saturated carbocycles. The highest BCUT2D eigenvalue weighted by molar-refractivity contribution is 5.99. The van der Waals surface area contributed by atoms with Crippen LogP contribution in [0.15, 0.2) is 23.4 Å². The fourth-order valence-corrected chi connectivity index (χ4v) is 0.978. The van der Waals surface area contributed by atoms with Gasteiger partial charge in [-0.05, 0) is 18.2 Å². The molecule has 0 aliphatic rings. The van der Waals surface area contributed by atoms with Gasteiger partial charge in [0.2, 0.25) is 0 Å². The predicted molar refractivity (Wildman–Crippen MR) is 45.6 cm³/mol. The first-order chi connectivity index (χ1) is 6.86. The molecule has 0 aromatic heterocycles. The van der Waals surface area contributed by atoms with Crippen LogP contribution < -0.4 is 5.73 Å². The number of nitrogens with two attached hydrogens (primary N) is 1. The van der Waals surface area contributed by atoms with Gasteiger partial charge in [-0.3, -0.25) is 0 Å². The van der Waals surface area contributed by atoms with Crippen LogP contribution in [-0.4, -0.2) is 16.1 Å². The van der Waals surface area contributed by atoms with Crippen LogP contribution in [0.1, 0.15) is 11.1 Å². The van der Waals surface area contributed by atoms with Gasteiger partial charge >= 0.3 is 6.18 Å². The number of halogens is 3. The van der Waals surface area contributed by atoms with Crippen LogP contribution in [0.2, 0.25) is 0 Å². The predicted octanol–water partition coefficient (Wildman–Crippen LogP) is 1.51. The lowest BCUT2D eigenvalue weighted by molar-refractivity contribution is -0.137. The van der Waals surface area contributed by atoms with Crippen molar-refractivity contribution in [2.24, 2.45) is 10.9 Å². The first kappa shape index (κ1) is 11.2. The molecular weight excluding hydrogens is 213 g/mol. The SMILES string of the molecule is N/C(=N\O)c1ccc(C(F)(F)F)cc1O. The summed E-state index contributed by atoms with van der Waals surface area (Å²) in [6.45, 7) is 0. The molecule has 1 aromatic rings. The fourth-order valence-electron chi connectivity index (χ4n) is 0.978. The van der Waals surface area contributed by atoms with Crippen LogP contribution in [0.3, 0.4) is 0 Å². The number of aromatic hydroxyl groups is 1. The van der Waals surface area contributed by atoms with Crippen molar-refractivity contribution in [1.82, 2.24) is 0 Å². The lowest BCUT2D eigenvalue weighted by Gasteiger charge is -2.08. The minimum atomic E-state index is -4.54. The molecule has 0 radical (unpaired) electrons. The summed E-state index contributed by atoms with van der Waals surface area (Å²) in [5.74, 6) is -1.15. The van der Waals surface area contributed by atoms with Crippen LogP contribution in [0, 0.1) is 0 Å². The van der Waals surface area contributed by atoms with Crippen molar-refractivity contribution < 1.29 is 23.5 Å². The second-order valence-electron chi connectivity index (χ2n) is 2.71. The number of benzene rings is 1. The molecule has 7 heteroatoms. The zero-order valence-corrected chi connectivity index (χ0v) is 7.28. The largest absolute Gasteiger partial charge is 0.507 e. The second kappa shape index (κ2) is 3.68. The number of hydrogen-bond acceptors (Lipinski definition) is 3. The molecule has 0 heterocycles. The van der Waals surface area contributed by atoms with Gasteiger partial charge in [-0.15, -0.1) is 0 Å². The van der Waals surface area contributed by atoms with Gasteiger partial charge in [-0.25, -0.2) is 0 Å². The van der Waals surface area contributed by atoms with E-state index >= 15 is 0 Å². The van der Waals surface area contributed by atoms with Crippen molar-refractivity contribution in [1.29, 1.82) is 0 Å². The van der Waals surface area contributed by atoms with Crippen molar-refractivity contribution in [3.63, 3.8) is 0 Å². The van der Waals surface area contributed by atoms with Crippen LogP contribution in [0.5, 0.6) is 5.75 Å². The van der Waals surface area contributed by atoms with E-state index in [-0.39, 0.29) is 5.56 Å². The van der Waals surface area contributed by atoms with Gasteiger partial charge in [0, 0.05) is 0 Å². The molecule has 0 bridgehead atoms. The second-order valence-corrected chi connectivity index (χ2v) is 2.71. The molecule has 0 unspecified atom stereocenters. The van der Waals surface area contributed by atoms with Crippen LogP contribution in [0.4, 0.5) is 13.2 Å². The molecule has 4 N–H and O–H groups in total. The molecule has 0 fully saturated rings. The normalized spacial score (nSPS) is 12.9. The summed E-state index contributed by atoms with van der Waals surface area (Å²) >= 11 is 0. The number of oxime groups is 1. The Hall–Kier alpha value is -1.92. The Morgan fingerprint density at radius 2 is 1.93 bits per heavy atom. The summed E-state index contributed by atoms with van der Waals surface area (Å²) in [4.78, 5) is 0. The maximum atomic E-state index is 12.2. The molecule has 1 aromatic carbocycles. The van der Waals surface area contributed by atoms with Gasteiger partial charge in [0.25, 0.3) is 0 Å². The fraction of sp³-hybridized carbons (Fsp3) is 0.125. The van der Waals surface area contributed by atoms with Gasteiger partial charge in [0.15, 0.2) is 5.84 Å². The monoisotopic (exact) mass is 220 g/mol. The molecule has 4 nitrogen and oxygen atoms in total. The first-order valence-corrected chi connectivity index (χ1v) is 3.74. The molecule has 0 amide bonds. The van der Waals surface area contributed by atoms with E-state index in [1.165, 1.54) is 0 Å². The Balaban J connectivity index is 3.21. The molecule has 0 spiro atoms. The number of phenolic OH excluding ortho intramolecular Hbond substituents is 1. The van der Waals surface area contributed by atoms with Crippen LogP contribution >= 0.6 is 0 Å². The highest BCUT2D eigenvalue weighted by atomic mass is 19.4. The maximum Gasteiger partial charge on any atom is 0.416 e. The minimum absolute atomic E-state index is 0.162. The Morgan fingerprint density at radius 3 is 2.33 bits per heavy atom. The van der Waals surface area contributed by atoms with Gasteiger partial charge in [0.1, 0.15) is 5.75 Å². The smallest absolute Gasteiger partial charge is 0.416 e. The lowest BCUT2D eigenvalue weighted by atomic mass is 10.1. The van der Waals surface area contributed by atoms with E-state index in [0.717, 1.165) is 12.1 Å². The summed E-state index contributed by atoms with van der Waals surface area (Å²) in [6, 6.07) is 2.16. The van der Waals surface area contributed by atoms with E-state index in [1.54, 1.807) is 0 Å². The number of rotatable bonds is 1. The van der Waals surface area contributed by atoms with Crippen LogP contribution in [-0.2, 0) is 6.18 Å². The molecule has 82 valence electrons. The van der Waals surface area contributed by atoms with Crippen molar-refractivity contribution in [3.05, 3.63) is 29.3 Å². The van der Waals surface area contributed by atoms with Gasteiger partial charge in [-0.2, -0.15) is 13.2 Å². The Bertz CT molecular complexity index is 401. The Morgan fingerprint density at radius 1 is 1.33 bits per heavy atom. The third-order valence-corrected chi connectivity index (χ3v) is 1.71. The minimum Gasteiger partial charge on any atom is -0.507 e. The molecule has 0 atom stereocenters. The van der Waals surface area contributed by atoms with Gasteiger partial charge in [-0.1, -0.05) is 5.16 Å². The van der Waals surface area contributed by atoms with Crippen molar-refractivity contribution in [3.8, 4) is 5.75 Å². The quantitative estimate of drug-likeness (QED) is 0.290. The van der Waals surface area contributed by atoms with E-state index in [4.69, 9.17) is 10.9 Å². The summed E-state index contributed by atoms with van der Waals surface area (Å²) in [6.07, 6.45) is -4.54. The number of amidine groups is 1. The number of nitrogens with zero attached hydrogens (tertiary/aromatic N) is 1. The standard InChI is InChI=1S/C8H7F3N2O2/c9-8(10,11)4-1-2-5(6(14)3-4)7(12)13-15/h1-3,14-15H,(H2,12,13). The third kappa shape index (κ3) is 2.30. The molecule has 1 rings (SSSR count). The number of hydrogen-bond donors (Lipinski definition) is 3. The summed E-state index contributed by atoms with van der Waals surface area (Å²) in [5, 5.41) is 20.0. The third-order valence-electron chi connectivity index (χ3n) is 1.71. The molecule has 0 aliphatic heterocycles. The van der Waals surface area contributed by atoms with E-state index < -0.39 is 23.3 Å². The summed E-state index contributed by atoms with van der Waals surface area (Å²) in [7, 11) is 0. The maximum absolute atomic E-state index is 12.2. The summed E-state index contributed by atoms with van der Waals surface area (Å²) < 4.78 is 36.5. The topological polar surface area (TPSA) is 78.8 Å². The van der Waals surface area contributed by atoms with Gasteiger partial charge in [0.05, 0.1) is 11.1 Å². The Kier molecular flexibility index (Phi) is 2.74. The molecule has 15 heavy (non-hydrogen) atoms. The highest BCUT2D eigenvalue weighted by Crippen LogP contribution is 2.32. The average Bonchev–Trinajstić information content (AvgIpc) is 2.15. The number of phenols is 1. The van der Waals surface area contributed by atoms with E-state index in [9.17, 15) is 18.3 Å². The van der Waals surface area contributed by atoms with Crippen LogP contribution in [0.25, 0.3) is 0 Å². The molecule has 0 saturated heterocycles. The van der Waals surface area contributed by atoms with Gasteiger partial charge < -0.3 is 16.0 Å². The van der Waals surface area contributed by atoms with Crippen molar-refractivity contribution in [2.45, 2.75) is 6.18 Å². The zero-order valence-electron chi connectivity index (χ0n) is 7.28. The van der Waals surface area contributed by atoms with Crippen molar-refractivity contribution in [2.75, 3.05) is 0 Å². The average molecular weight is 220 g/mol. The van der Waals surface area contributed by atoms with E-state index in [1.807, 2.05) is 0 Å². The first-order valence-electron chi connectivity index (χ1n) is 3.74. The van der Waals surface area contributed by atoms with E-state index in [0.29, 0.717) is 6.07 Å². The highest BCUT2D eigenvalue weighted by Gasteiger charge is 2.31. The Labute approximate surface area is 82.4 Å². The van der Waals surface area contributed by atoms with Crippen molar-refractivity contribution >= 4 is 5.84 Å². The van der Waals surface area contributed by atoms with E-state index in [2.05, 4.69) is 5.16 Å². The molecular formula is C8H7F3N2O2. The number of alkyl halides is 3. The lowest BCUT2D eigenvalue weighted by Crippen LogP contribution is -2.14.